The van der Waals surface area contributed by atoms with Crippen molar-refractivity contribution < 1.29 is 4.79 Å². The molecule has 1 aliphatic heterocycles. The molecule has 0 aliphatic carbocycles. The minimum Gasteiger partial charge on any atom is -0.353 e. The van der Waals surface area contributed by atoms with Gasteiger partial charge in [0.1, 0.15) is 11.5 Å². The number of aryl methyl sites for hydroxylation is 1. The lowest BCUT2D eigenvalue weighted by atomic mass is 10.2. The molecule has 0 atom stereocenters. The minimum absolute atomic E-state index is 0.0469. The van der Waals surface area contributed by atoms with Gasteiger partial charge in [-0.3, -0.25) is 4.79 Å². The Balaban J connectivity index is 1.64. The number of carbonyl (C=O) groups excluding carboxylic acids is 1. The second-order valence-corrected chi connectivity index (χ2v) is 4.86. The van der Waals surface area contributed by atoms with Crippen LogP contribution in [0.2, 0.25) is 0 Å². The molecule has 0 saturated carbocycles. The molecule has 20 heavy (non-hydrogen) atoms. The van der Waals surface area contributed by atoms with Gasteiger partial charge in [-0.1, -0.05) is 6.07 Å². The molecule has 3 rings (SSSR count). The highest BCUT2D eigenvalue weighted by Crippen LogP contribution is 2.14. The van der Waals surface area contributed by atoms with Crippen LogP contribution in [-0.4, -0.2) is 51.5 Å². The third kappa shape index (κ3) is 2.36. The van der Waals surface area contributed by atoms with Gasteiger partial charge >= 0.3 is 0 Å². The van der Waals surface area contributed by atoms with Crippen LogP contribution in [0.4, 0.5) is 5.82 Å². The Morgan fingerprint density at radius 2 is 2.00 bits per heavy atom. The van der Waals surface area contributed by atoms with Crippen LogP contribution in [0.5, 0.6) is 0 Å². The van der Waals surface area contributed by atoms with Crippen molar-refractivity contribution in [3.8, 4) is 0 Å². The van der Waals surface area contributed by atoms with E-state index in [0.29, 0.717) is 18.8 Å². The molecule has 1 amide bonds. The third-order valence-corrected chi connectivity index (χ3v) is 3.58. The summed E-state index contributed by atoms with van der Waals surface area (Å²) >= 11 is 0. The number of imidazole rings is 1. The van der Waals surface area contributed by atoms with Crippen LogP contribution in [0.3, 0.4) is 0 Å². The first-order valence-electron chi connectivity index (χ1n) is 6.67. The van der Waals surface area contributed by atoms with Gasteiger partial charge in [-0.15, -0.1) is 0 Å². The summed E-state index contributed by atoms with van der Waals surface area (Å²) in [5.41, 5.74) is 0.635. The van der Waals surface area contributed by atoms with Crippen LogP contribution >= 0.6 is 0 Å². The number of hydrogen-bond donors (Lipinski definition) is 0. The number of piperazine rings is 1. The number of rotatable bonds is 2. The second-order valence-electron chi connectivity index (χ2n) is 4.86. The van der Waals surface area contributed by atoms with E-state index < -0.39 is 0 Å². The number of nitrogens with zero attached hydrogens (tertiary/aromatic N) is 5. The van der Waals surface area contributed by atoms with Crippen molar-refractivity contribution in [2.24, 2.45) is 7.05 Å². The van der Waals surface area contributed by atoms with E-state index in [4.69, 9.17) is 0 Å². The van der Waals surface area contributed by atoms with Gasteiger partial charge in [0.2, 0.25) is 0 Å². The van der Waals surface area contributed by atoms with Crippen molar-refractivity contribution in [3.63, 3.8) is 0 Å². The van der Waals surface area contributed by atoms with Crippen molar-refractivity contribution in [2.75, 3.05) is 31.1 Å². The first-order chi connectivity index (χ1) is 9.75. The van der Waals surface area contributed by atoms with Gasteiger partial charge in [-0.05, 0) is 12.1 Å². The number of carbonyl (C=O) groups is 1. The average molecular weight is 271 g/mol. The third-order valence-electron chi connectivity index (χ3n) is 3.58. The van der Waals surface area contributed by atoms with Gasteiger partial charge in [0.25, 0.3) is 5.91 Å². The van der Waals surface area contributed by atoms with E-state index in [1.165, 1.54) is 0 Å². The Labute approximate surface area is 117 Å². The molecule has 0 unspecified atom stereocenters. The fourth-order valence-electron chi connectivity index (χ4n) is 2.40. The molecule has 6 nitrogen and oxygen atoms in total. The summed E-state index contributed by atoms with van der Waals surface area (Å²) in [6, 6.07) is 5.89. The van der Waals surface area contributed by atoms with Crippen LogP contribution in [0, 0.1) is 0 Å². The zero-order valence-electron chi connectivity index (χ0n) is 11.4. The first-order valence-corrected chi connectivity index (χ1v) is 6.67. The van der Waals surface area contributed by atoms with Gasteiger partial charge in [-0.25, -0.2) is 9.97 Å². The number of anilines is 1. The van der Waals surface area contributed by atoms with E-state index in [1.807, 2.05) is 30.1 Å². The molecule has 0 aromatic carbocycles. The molecule has 3 heterocycles. The first kappa shape index (κ1) is 12.7. The van der Waals surface area contributed by atoms with Crippen molar-refractivity contribution in [1.29, 1.82) is 0 Å². The maximum absolute atomic E-state index is 12.4. The Kier molecular flexibility index (Phi) is 3.37. The van der Waals surface area contributed by atoms with Crippen molar-refractivity contribution in [2.45, 2.75) is 0 Å². The smallest absolute Gasteiger partial charge is 0.272 e. The van der Waals surface area contributed by atoms with E-state index in [9.17, 15) is 4.79 Å². The SMILES string of the molecule is Cn1cncc1C(=O)N1CCN(c2ccccn2)CC1. The van der Waals surface area contributed by atoms with Gasteiger partial charge in [0.15, 0.2) is 0 Å². The molecule has 2 aromatic heterocycles. The number of amides is 1. The molecule has 6 heteroatoms. The quantitative estimate of drug-likeness (QED) is 0.810. The number of aromatic nitrogens is 3. The molecule has 0 radical (unpaired) electrons. The lowest BCUT2D eigenvalue weighted by molar-refractivity contribution is 0.0737. The van der Waals surface area contributed by atoms with E-state index in [1.54, 1.807) is 23.3 Å². The fraction of sp³-hybridized carbons (Fsp3) is 0.357. The van der Waals surface area contributed by atoms with Gasteiger partial charge < -0.3 is 14.4 Å². The molecular formula is C14H17N5O. The summed E-state index contributed by atoms with van der Waals surface area (Å²) in [4.78, 5) is 24.8. The van der Waals surface area contributed by atoms with Gasteiger partial charge in [0, 0.05) is 39.4 Å². The zero-order chi connectivity index (χ0) is 13.9. The van der Waals surface area contributed by atoms with Crippen molar-refractivity contribution >= 4 is 11.7 Å². The van der Waals surface area contributed by atoms with Crippen LogP contribution < -0.4 is 4.90 Å². The molecule has 0 spiro atoms. The van der Waals surface area contributed by atoms with Crippen molar-refractivity contribution in [1.82, 2.24) is 19.4 Å². The molecule has 1 saturated heterocycles. The molecule has 2 aromatic rings. The van der Waals surface area contributed by atoms with E-state index in [-0.39, 0.29) is 5.91 Å². The molecule has 104 valence electrons. The Hall–Kier alpha value is -2.37. The summed E-state index contributed by atoms with van der Waals surface area (Å²) in [6.45, 7) is 3.03. The summed E-state index contributed by atoms with van der Waals surface area (Å²) in [5.74, 6) is 1.02. The summed E-state index contributed by atoms with van der Waals surface area (Å²) in [5, 5.41) is 0. The Bertz CT molecular complexity index is 587. The highest BCUT2D eigenvalue weighted by Gasteiger charge is 2.24. The summed E-state index contributed by atoms with van der Waals surface area (Å²) in [7, 11) is 1.84. The maximum atomic E-state index is 12.4. The summed E-state index contributed by atoms with van der Waals surface area (Å²) < 4.78 is 1.76. The summed E-state index contributed by atoms with van der Waals surface area (Å²) in [6.07, 6.45) is 5.06. The van der Waals surface area contributed by atoms with Crippen LogP contribution in [0.1, 0.15) is 10.5 Å². The van der Waals surface area contributed by atoms with Crippen molar-refractivity contribution in [3.05, 3.63) is 42.6 Å². The maximum Gasteiger partial charge on any atom is 0.272 e. The average Bonchev–Trinajstić information content (AvgIpc) is 2.94. The van der Waals surface area contributed by atoms with Crippen LogP contribution in [0.25, 0.3) is 0 Å². The highest BCUT2D eigenvalue weighted by molar-refractivity contribution is 5.92. The Morgan fingerprint density at radius 3 is 2.60 bits per heavy atom. The molecule has 0 N–H and O–H groups in total. The van der Waals surface area contributed by atoms with Crippen LogP contribution in [-0.2, 0) is 7.05 Å². The lowest BCUT2D eigenvalue weighted by Gasteiger charge is -2.35. The van der Waals surface area contributed by atoms with E-state index in [0.717, 1.165) is 18.9 Å². The molecular weight excluding hydrogens is 254 g/mol. The molecule has 1 fully saturated rings. The topological polar surface area (TPSA) is 54.3 Å². The molecule has 0 bridgehead atoms. The van der Waals surface area contributed by atoms with Gasteiger partial charge in [-0.2, -0.15) is 0 Å². The zero-order valence-corrected chi connectivity index (χ0v) is 11.4. The lowest BCUT2D eigenvalue weighted by Crippen LogP contribution is -2.49. The van der Waals surface area contributed by atoms with Crippen LogP contribution in [0.15, 0.2) is 36.9 Å². The number of hydrogen-bond acceptors (Lipinski definition) is 4. The fourth-order valence-corrected chi connectivity index (χ4v) is 2.40. The second kappa shape index (κ2) is 5.32. The highest BCUT2D eigenvalue weighted by atomic mass is 16.2. The normalized spacial score (nSPS) is 15.4. The van der Waals surface area contributed by atoms with Gasteiger partial charge in [0.05, 0.1) is 12.5 Å². The van der Waals surface area contributed by atoms with E-state index in [2.05, 4.69) is 14.9 Å². The Morgan fingerprint density at radius 1 is 1.20 bits per heavy atom. The standard InChI is InChI=1S/C14H17N5O/c1-17-11-15-10-12(17)14(20)19-8-6-18(7-9-19)13-4-2-3-5-16-13/h2-5,10-11H,6-9H2,1H3. The predicted molar refractivity (Wildman–Crippen MR) is 75.6 cm³/mol. The minimum atomic E-state index is 0.0469. The predicted octanol–water partition coefficient (Wildman–Crippen LogP) is 0.777. The largest absolute Gasteiger partial charge is 0.353 e. The van der Waals surface area contributed by atoms with E-state index >= 15 is 0 Å². The monoisotopic (exact) mass is 271 g/mol. The number of pyridine rings is 1. The molecule has 1 aliphatic rings.